The summed E-state index contributed by atoms with van der Waals surface area (Å²) in [6, 6.07) is 16.8. The molecule has 0 spiro atoms. The topological polar surface area (TPSA) is 145 Å². The van der Waals surface area contributed by atoms with Crippen molar-refractivity contribution in [1.29, 1.82) is 0 Å². The van der Waals surface area contributed by atoms with Gasteiger partial charge in [-0.2, -0.15) is 4.98 Å². The van der Waals surface area contributed by atoms with E-state index < -0.39 is 23.7 Å². The predicted molar refractivity (Wildman–Crippen MR) is 148 cm³/mol. The van der Waals surface area contributed by atoms with Gasteiger partial charge in [0.25, 0.3) is 5.91 Å². The Hall–Kier alpha value is -4.74. The van der Waals surface area contributed by atoms with Gasteiger partial charge in [0.1, 0.15) is 25.3 Å². The monoisotopic (exact) mass is 563 g/mol. The molecule has 1 saturated heterocycles. The van der Waals surface area contributed by atoms with E-state index in [1.54, 1.807) is 37.8 Å². The van der Waals surface area contributed by atoms with Crippen LogP contribution >= 0.6 is 0 Å². The molecule has 1 aliphatic rings. The minimum atomic E-state index is -0.712. The van der Waals surface area contributed by atoms with Crippen molar-refractivity contribution < 1.29 is 33.2 Å². The van der Waals surface area contributed by atoms with E-state index in [1.165, 1.54) is 7.11 Å². The zero-order valence-corrected chi connectivity index (χ0v) is 23.5. The van der Waals surface area contributed by atoms with Crippen molar-refractivity contribution in [2.24, 2.45) is 5.16 Å². The molecule has 2 aromatic carbocycles. The number of nitrogens with one attached hydrogen (secondary N) is 1. The summed E-state index contributed by atoms with van der Waals surface area (Å²) in [7, 11) is 1.45. The van der Waals surface area contributed by atoms with Crippen LogP contribution in [0, 0.1) is 0 Å². The Morgan fingerprint density at radius 2 is 1.78 bits per heavy atom. The van der Waals surface area contributed by atoms with Gasteiger partial charge in [-0.05, 0) is 44.0 Å². The lowest BCUT2D eigenvalue weighted by molar-refractivity contribution is -0.142. The molecule has 0 radical (unpaired) electrons. The van der Waals surface area contributed by atoms with Crippen LogP contribution in [-0.4, -0.2) is 71.1 Å². The van der Waals surface area contributed by atoms with Gasteiger partial charge in [-0.15, -0.1) is 0 Å². The maximum atomic E-state index is 13.5. The summed E-state index contributed by atoms with van der Waals surface area (Å²) in [5.41, 5.74) is 2.57. The molecule has 12 nitrogen and oxygen atoms in total. The molecule has 0 saturated carbocycles. The van der Waals surface area contributed by atoms with E-state index in [0.29, 0.717) is 23.5 Å². The summed E-state index contributed by atoms with van der Waals surface area (Å²) >= 11 is 0. The Balaban J connectivity index is 1.36. The minimum Gasteiger partial charge on any atom is -0.464 e. The first-order chi connectivity index (χ1) is 19.6. The van der Waals surface area contributed by atoms with E-state index in [9.17, 15) is 14.4 Å². The first-order valence-electron chi connectivity index (χ1n) is 13.1. The van der Waals surface area contributed by atoms with Crippen molar-refractivity contribution in [3.8, 4) is 11.1 Å². The SMILES string of the molecule is CON=C1C[C@@H](c2nc(CCOC(=O)CNC(=O)OC(C)(C)C)no2)N(C(=O)c2ccc(-c3ccccc3)cc2)C1. The number of hydrogen-bond donors (Lipinski definition) is 1. The highest BCUT2D eigenvalue weighted by Gasteiger charge is 2.38. The molecule has 216 valence electrons. The number of nitrogens with zero attached hydrogens (tertiary/aromatic N) is 4. The summed E-state index contributed by atoms with van der Waals surface area (Å²) in [5.74, 6) is -0.286. The number of carbonyl (C=O) groups excluding carboxylic acids is 3. The Labute approximate surface area is 237 Å². The molecule has 41 heavy (non-hydrogen) atoms. The summed E-state index contributed by atoms with van der Waals surface area (Å²) in [6.07, 6.45) is -0.159. The van der Waals surface area contributed by atoms with Gasteiger partial charge in [-0.1, -0.05) is 52.8 Å². The number of likely N-dealkylation sites (tertiary alicyclic amines) is 1. The van der Waals surface area contributed by atoms with E-state index in [-0.39, 0.29) is 37.9 Å². The highest BCUT2D eigenvalue weighted by Crippen LogP contribution is 2.32. The Bertz CT molecular complexity index is 1380. The molecule has 12 heteroatoms. The van der Waals surface area contributed by atoms with E-state index in [2.05, 4.69) is 20.6 Å². The van der Waals surface area contributed by atoms with Gasteiger partial charge in [0.15, 0.2) is 5.82 Å². The third kappa shape index (κ3) is 8.13. The summed E-state index contributed by atoms with van der Waals surface area (Å²) in [5, 5.41) is 10.4. The minimum absolute atomic E-state index is 0.0226. The van der Waals surface area contributed by atoms with Crippen LogP contribution in [0.15, 0.2) is 64.3 Å². The molecule has 2 amide bonds. The quantitative estimate of drug-likeness (QED) is 0.302. The number of alkyl carbamates (subject to hydrolysis) is 1. The number of carbonyl (C=O) groups is 3. The van der Waals surface area contributed by atoms with Crippen molar-refractivity contribution in [3.05, 3.63) is 71.9 Å². The molecule has 3 aromatic rings. The fraction of sp³-hybridized carbons (Fsp3) is 0.379. The lowest BCUT2D eigenvalue weighted by Crippen LogP contribution is -2.36. The number of rotatable bonds is 9. The number of aromatic nitrogens is 2. The Morgan fingerprint density at radius 3 is 2.46 bits per heavy atom. The predicted octanol–water partition coefficient (Wildman–Crippen LogP) is 3.94. The van der Waals surface area contributed by atoms with Crippen LogP contribution in [0.4, 0.5) is 4.79 Å². The van der Waals surface area contributed by atoms with Crippen LogP contribution < -0.4 is 5.32 Å². The van der Waals surface area contributed by atoms with Gasteiger partial charge in [-0.25, -0.2) is 4.79 Å². The van der Waals surface area contributed by atoms with Crippen LogP contribution in [0.2, 0.25) is 0 Å². The fourth-order valence-electron chi connectivity index (χ4n) is 4.21. The van der Waals surface area contributed by atoms with Gasteiger partial charge < -0.3 is 29.1 Å². The van der Waals surface area contributed by atoms with Gasteiger partial charge >= 0.3 is 12.1 Å². The molecule has 1 N–H and O–H groups in total. The first kappa shape index (κ1) is 29.2. The third-order valence-corrected chi connectivity index (χ3v) is 6.01. The van der Waals surface area contributed by atoms with Crippen molar-refractivity contribution in [2.45, 2.75) is 45.3 Å². The first-order valence-corrected chi connectivity index (χ1v) is 13.1. The lowest BCUT2D eigenvalue weighted by Gasteiger charge is -2.21. The second kappa shape index (κ2) is 13.1. The van der Waals surface area contributed by atoms with Crippen molar-refractivity contribution in [2.75, 3.05) is 26.8 Å². The second-order valence-electron chi connectivity index (χ2n) is 10.3. The molecule has 2 heterocycles. The average molecular weight is 564 g/mol. The van der Waals surface area contributed by atoms with Gasteiger partial charge in [0.2, 0.25) is 5.89 Å². The summed E-state index contributed by atoms with van der Waals surface area (Å²) in [6.45, 7) is 5.06. The van der Waals surface area contributed by atoms with Crippen molar-refractivity contribution >= 4 is 23.7 Å². The fourth-order valence-corrected chi connectivity index (χ4v) is 4.21. The molecular weight excluding hydrogens is 530 g/mol. The molecule has 1 aliphatic heterocycles. The molecule has 1 fully saturated rings. The largest absolute Gasteiger partial charge is 0.464 e. The Morgan fingerprint density at radius 1 is 1.07 bits per heavy atom. The van der Waals surface area contributed by atoms with Crippen LogP contribution in [0.25, 0.3) is 11.1 Å². The van der Waals surface area contributed by atoms with Crippen molar-refractivity contribution in [3.63, 3.8) is 0 Å². The number of oxime groups is 1. The van der Waals surface area contributed by atoms with Crippen LogP contribution in [0.1, 0.15) is 55.3 Å². The Kier molecular flexibility index (Phi) is 9.33. The highest BCUT2D eigenvalue weighted by atomic mass is 16.6. The summed E-state index contributed by atoms with van der Waals surface area (Å²) in [4.78, 5) is 48.1. The number of benzene rings is 2. The number of ether oxygens (including phenoxy) is 2. The number of esters is 1. The molecule has 0 aliphatic carbocycles. The molecule has 4 rings (SSSR count). The third-order valence-electron chi connectivity index (χ3n) is 6.01. The van der Waals surface area contributed by atoms with E-state index in [1.807, 2.05) is 42.5 Å². The maximum absolute atomic E-state index is 13.5. The van der Waals surface area contributed by atoms with Gasteiger partial charge in [0, 0.05) is 18.4 Å². The molecule has 0 unspecified atom stereocenters. The molecule has 0 bridgehead atoms. The standard InChI is InChI=1S/C29H33N5O7/c1-29(2,3)40-28(37)30-17-25(35)39-15-14-24-31-26(41-33-24)23-16-22(32-38-4)18-34(23)27(36)21-12-10-20(11-13-21)19-8-6-5-7-9-19/h5-13,23H,14-18H2,1-4H3,(H,30,37)/t23-/m0/s1. The van der Waals surface area contributed by atoms with Gasteiger partial charge in [0.05, 0.1) is 18.9 Å². The average Bonchev–Trinajstić information content (AvgIpc) is 3.59. The normalized spacial score (nSPS) is 16.0. The van der Waals surface area contributed by atoms with Crippen LogP contribution in [0.5, 0.6) is 0 Å². The lowest BCUT2D eigenvalue weighted by atomic mass is 10.0. The van der Waals surface area contributed by atoms with Crippen LogP contribution in [0.3, 0.4) is 0 Å². The van der Waals surface area contributed by atoms with E-state index in [4.69, 9.17) is 18.8 Å². The van der Waals surface area contributed by atoms with E-state index >= 15 is 0 Å². The molecule has 1 aromatic heterocycles. The zero-order chi connectivity index (χ0) is 29.4. The highest BCUT2D eigenvalue weighted by molar-refractivity contribution is 6.00. The van der Waals surface area contributed by atoms with Crippen LogP contribution in [-0.2, 0) is 25.5 Å². The number of hydrogen-bond acceptors (Lipinski definition) is 10. The number of amides is 2. The maximum Gasteiger partial charge on any atom is 0.408 e. The zero-order valence-electron chi connectivity index (χ0n) is 23.5. The summed E-state index contributed by atoms with van der Waals surface area (Å²) < 4.78 is 15.7. The van der Waals surface area contributed by atoms with Crippen molar-refractivity contribution in [1.82, 2.24) is 20.4 Å². The van der Waals surface area contributed by atoms with Gasteiger partial charge in [-0.3, -0.25) is 9.59 Å². The van der Waals surface area contributed by atoms with E-state index in [0.717, 1.165) is 11.1 Å². The second-order valence-corrected chi connectivity index (χ2v) is 10.3. The molecular formula is C29H33N5O7. The smallest absolute Gasteiger partial charge is 0.408 e. The molecule has 1 atom stereocenters.